The Hall–Kier alpha value is -1.17. The third-order valence-corrected chi connectivity index (χ3v) is 2.72. The molecule has 0 aliphatic rings. The Morgan fingerprint density at radius 3 is 2.76 bits per heavy atom. The van der Waals surface area contributed by atoms with E-state index in [0.29, 0.717) is 24.8 Å². The maximum absolute atomic E-state index is 11.4. The van der Waals surface area contributed by atoms with Gasteiger partial charge in [0.25, 0.3) is 0 Å². The Labute approximate surface area is 105 Å². The minimum atomic E-state index is 0.127. The summed E-state index contributed by atoms with van der Waals surface area (Å²) in [5, 5.41) is 0. The molecule has 0 aliphatic carbocycles. The largest absolute Gasteiger partial charge is 0.468 e. The highest BCUT2D eigenvalue weighted by atomic mass is 28.1. The topological polar surface area (TPSA) is 61.5 Å². The molecule has 17 heavy (non-hydrogen) atoms. The fourth-order valence-electron chi connectivity index (χ4n) is 1.46. The van der Waals surface area contributed by atoms with Crippen LogP contribution in [0.4, 0.5) is 0 Å². The number of methoxy groups -OCH3 is 1. The maximum Gasteiger partial charge on any atom is 0.188 e. The van der Waals surface area contributed by atoms with Crippen molar-refractivity contribution in [1.29, 1.82) is 0 Å². The third-order valence-electron chi connectivity index (χ3n) is 2.33. The minimum Gasteiger partial charge on any atom is -0.468 e. The van der Waals surface area contributed by atoms with Crippen LogP contribution in [0.5, 0.6) is 5.75 Å². The lowest BCUT2D eigenvalue weighted by molar-refractivity contribution is -0.116. The summed E-state index contributed by atoms with van der Waals surface area (Å²) in [6.45, 7) is 0.581. The molecule has 0 spiro atoms. The lowest BCUT2D eigenvalue weighted by atomic mass is 10.0. The first-order chi connectivity index (χ1) is 8.21. The molecule has 0 heterocycles. The van der Waals surface area contributed by atoms with E-state index >= 15 is 0 Å². The molecule has 1 aromatic carbocycles. The number of hydrogen-bond donors (Lipinski definition) is 1. The molecular formula is C12H16NO3Si. The first-order valence-corrected chi connectivity index (χ1v) is 6.02. The van der Waals surface area contributed by atoms with Gasteiger partial charge in [0.15, 0.2) is 6.79 Å². The molecule has 0 amide bonds. The predicted octanol–water partition coefficient (Wildman–Crippen LogP) is 0.826. The summed E-state index contributed by atoms with van der Waals surface area (Å²) >= 11 is 0. The molecule has 0 aromatic heterocycles. The highest BCUT2D eigenvalue weighted by molar-refractivity contribution is 6.20. The van der Waals surface area contributed by atoms with E-state index in [2.05, 4.69) is 10.2 Å². The average Bonchev–Trinajstić information content (AvgIpc) is 2.37. The lowest BCUT2D eigenvalue weighted by Gasteiger charge is -2.10. The van der Waals surface area contributed by atoms with E-state index in [1.165, 1.54) is 0 Å². The normalized spacial score (nSPS) is 10.3. The number of carbonyl (C=O) groups excluding carboxylic acids is 1. The van der Waals surface area contributed by atoms with Crippen molar-refractivity contribution in [3.8, 4) is 5.75 Å². The van der Waals surface area contributed by atoms with Crippen molar-refractivity contribution in [3.63, 3.8) is 0 Å². The number of Topliss-reactive ketones (excluding diaryl/α,β-unsaturated/α-hetero) is 1. The van der Waals surface area contributed by atoms with Gasteiger partial charge in [0, 0.05) is 30.3 Å². The Morgan fingerprint density at radius 1 is 1.41 bits per heavy atom. The Balaban J connectivity index is 2.81. The first-order valence-electron chi connectivity index (χ1n) is 5.31. The molecule has 91 valence electrons. The monoisotopic (exact) mass is 250 g/mol. The zero-order valence-electron chi connectivity index (χ0n) is 9.86. The third kappa shape index (κ3) is 4.30. The molecular weight excluding hydrogens is 234 g/mol. The lowest BCUT2D eigenvalue weighted by Crippen LogP contribution is -2.08. The smallest absolute Gasteiger partial charge is 0.188 e. The Kier molecular flexibility index (Phi) is 5.89. The van der Waals surface area contributed by atoms with Crippen LogP contribution in [-0.4, -0.2) is 29.9 Å². The Bertz CT molecular complexity index is 382. The maximum atomic E-state index is 11.4. The molecule has 0 saturated carbocycles. The fraction of sp³-hybridized carbons (Fsp3) is 0.417. The van der Waals surface area contributed by atoms with Crippen molar-refractivity contribution in [3.05, 3.63) is 29.3 Å². The van der Waals surface area contributed by atoms with Gasteiger partial charge in [-0.25, -0.2) is 0 Å². The van der Waals surface area contributed by atoms with E-state index in [-0.39, 0.29) is 12.6 Å². The SMILES string of the molecule is COCOc1ccc(CC(=O)C[Si])c(CN)c1. The van der Waals surface area contributed by atoms with E-state index in [1.807, 2.05) is 18.2 Å². The predicted molar refractivity (Wildman–Crippen MR) is 66.1 cm³/mol. The number of rotatable bonds is 7. The summed E-state index contributed by atoms with van der Waals surface area (Å²) in [7, 11) is 4.76. The van der Waals surface area contributed by atoms with Gasteiger partial charge in [-0.3, -0.25) is 4.79 Å². The van der Waals surface area contributed by atoms with Crippen LogP contribution in [0, 0.1) is 0 Å². The number of nitrogens with two attached hydrogens (primary N) is 1. The van der Waals surface area contributed by atoms with E-state index in [1.54, 1.807) is 7.11 Å². The van der Waals surface area contributed by atoms with Gasteiger partial charge < -0.3 is 15.2 Å². The van der Waals surface area contributed by atoms with Crippen LogP contribution >= 0.6 is 0 Å². The standard InChI is InChI=1S/C12H16NO3Si/c1-15-8-16-12-3-2-9(4-11(14)7-17)10(5-12)6-13/h2-3,5H,4,6-8,13H2,1H3. The molecule has 0 bridgehead atoms. The number of carbonyl (C=O) groups is 1. The Morgan fingerprint density at radius 2 is 2.18 bits per heavy atom. The van der Waals surface area contributed by atoms with Gasteiger partial charge in [-0.15, -0.1) is 0 Å². The van der Waals surface area contributed by atoms with Gasteiger partial charge in [0.05, 0.1) is 0 Å². The molecule has 4 nitrogen and oxygen atoms in total. The summed E-state index contributed by atoms with van der Waals surface area (Å²) in [5.74, 6) is 0.823. The summed E-state index contributed by atoms with van der Waals surface area (Å²) < 4.78 is 10.1. The second-order valence-corrected chi connectivity index (χ2v) is 3.93. The van der Waals surface area contributed by atoms with Gasteiger partial charge in [0.2, 0.25) is 0 Å². The molecule has 0 aliphatic heterocycles. The fourth-order valence-corrected chi connectivity index (χ4v) is 1.58. The first kappa shape index (κ1) is 13.9. The highest BCUT2D eigenvalue weighted by Gasteiger charge is 2.07. The van der Waals surface area contributed by atoms with Crippen molar-refractivity contribution >= 4 is 16.0 Å². The van der Waals surface area contributed by atoms with Crippen LogP contribution in [0.2, 0.25) is 6.04 Å². The molecule has 0 saturated heterocycles. The number of ether oxygens (including phenoxy) is 2. The van der Waals surface area contributed by atoms with E-state index in [0.717, 1.165) is 11.1 Å². The van der Waals surface area contributed by atoms with Crippen molar-refractivity contribution in [1.82, 2.24) is 0 Å². The number of ketones is 1. The number of benzene rings is 1. The average molecular weight is 250 g/mol. The summed E-state index contributed by atoms with van der Waals surface area (Å²) in [4.78, 5) is 11.4. The molecule has 1 rings (SSSR count). The van der Waals surface area contributed by atoms with Crippen molar-refractivity contribution in [2.45, 2.75) is 19.0 Å². The van der Waals surface area contributed by atoms with Crippen LogP contribution < -0.4 is 10.5 Å². The van der Waals surface area contributed by atoms with Crippen molar-refractivity contribution < 1.29 is 14.3 Å². The van der Waals surface area contributed by atoms with Crippen molar-refractivity contribution in [2.24, 2.45) is 5.73 Å². The molecule has 0 unspecified atom stereocenters. The van der Waals surface area contributed by atoms with Crippen LogP contribution in [0.1, 0.15) is 11.1 Å². The van der Waals surface area contributed by atoms with Crippen LogP contribution in [-0.2, 0) is 22.5 Å². The summed E-state index contributed by atoms with van der Waals surface area (Å²) in [6, 6.07) is 5.88. The van der Waals surface area contributed by atoms with Gasteiger partial charge >= 0.3 is 0 Å². The van der Waals surface area contributed by atoms with Crippen LogP contribution in [0.15, 0.2) is 18.2 Å². The minimum absolute atomic E-state index is 0.127. The number of hydrogen-bond acceptors (Lipinski definition) is 4. The summed E-state index contributed by atoms with van der Waals surface area (Å²) in [5.41, 5.74) is 7.52. The van der Waals surface area contributed by atoms with E-state index < -0.39 is 0 Å². The van der Waals surface area contributed by atoms with Crippen LogP contribution in [0.3, 0.4) is 0 Å². The van der Waals surface area contributed by atoms with Crippen molar-refractivity contribution in [2.75, 3.05) is 13.9 Å². The zero-order chi connectivity index (χ0) is 12.7. The second kappa shape index (κ2) is 7.21. The van der Waals surface area contributed by atoms with E-state index in [9.17, 15) is 4.79 Å². The van der Waals surface area contributed by atoms with Gasteiger partial charge in [-0.2, -0.15) is 0 Å². The molecule has 0 atom stereocenters. The zero-order valence-corrected chi connectivity index (χ0v) is 10.9. The molecule has 0 fully saturated rings. The molecule has 5 heteroatoms. The second-order valence-electron chi connectivity index (χ2n) is 3.58. The van der Waals surface area contributed by atoms with Gasteiger partial charge in [0.1, 0.15) is 11.5 Å². The molecule has 1 aromatic rings. The van der Waals surface area contributed by atoms with Gasteiger partial charge in [-0.05, 0) is 29.3 Å². The van der Waals surface area contributed by atoms with Crippen LogP contribution in [0.25, 0.3) is 0 Å². The molecule has 2 N–H and O–H groups in total. The van der Waals surface area contributed by atoms with Gasteiger partial charge in [-0.1, -0.05) is 6.07 Å². The van der Waals surface area contributed by atoms with E-state index in [4.69, 9.17) is 15.2 Å². The summed E-state index contributed by atoms with van der Waals surface area (Å²) in [6.07, 6.45) is 0.389. The molecule has 3 radical (unpaired) electrons. The highest BCUT2D eigenvalue weighted by Crippen LogP contribution is 2.18. The quantitative estimate of drug-likeness (QED) is 0.575.